The molecule has 1 heterocycles. The van der Waals surface area contributed by atoms with Crippen molar-refractivity contribution in [2.24, 2.45) is 0 Å². The minimum Gasteiger partial charge on any atom is -0.494 e. The monoisotopic (exact) mass is 265 g/mol. The Hall–Kier alpha value is -2.08. The van der Waals surface area contributed by atoms with Gasteiger partial charge in [-0.3, -0.25) is 0 Å². The predicted molar refractivity (Wildman–Crippen MR) is 67.3 cm³/mol. The van der Waals surface area contributed by atoms with Crippen LogP contribution in [-0.4, -0.2) is 27.8 Å². The SMILES string of the molecule is CCOc1cccc(-c2nc(O)c(C(=O)O)s2)c1. The van der Waals surface area contributed by atoms with Gasteiger partial charge in [-0.25, -0.2) is 9.78 Å². The van der Waals surface area contributed by atoms with E-state index < -0.39 is 11.8 Å². The number of carboxylic acids is 1. The number of rotatable bonds is 4. The summed E-state index contributed by atoms with van der Waals surface area (Å²) in [6.07, 6.45) is 0. The van der Waals surface area contributed by atoms with Gasteiger partial charge in [0.1, 0.15) is 10.8 Å². The lowest BCUT2D eigenvalue weighted by Gasteiger charge is -2.03. The molecule has 0 spiro atoms. The van der Waals surface area contributed by atoms with E-state index in [2.05, 4.69) is 4.98 Å². The van der Waals surface area contributed by atoms with Gasteiger partial charge in [0.15, 0.2) is 4.88 Å². The number of benzene rings is 1. The van der Waals surface area contributed by atoms with Crippen LogP contribution in [0.25, 0.3) is 10.6 Å². The van der Waals surface area contributed by atoms with Crippen LogP contribution in [0.5, 0.6) is 11.6 Å². The first-order valence-electron chi connectivity index (χ1n) is 5.28. The zero-order valence-electron chi connectivity index (χ0n) is 9.58. The van der Waals surface area contributed by atoms with Crippen LogP contribution in [0.15, 0.2) is 24.3 Å². The van der Waals surface area contributed by atoms with Crippen LogP contribution in [0, 0.1) is 0 Å². The molecule has 0 atom stereocenters. The van der Waals surface area contributed by atoms with Crippen LogP contribution in [0.4, 0.5) is 0 Å². The number of nitrogens with zero attached hydrogens (tertiary/aromatic N) is 1. The molecule has 0 aliphatic heterocycles. The Morgan fingerprint density at radius 2 is 2.28 bits per heavy atom. The smallest absolute Gasteiger partial charge is 0.351 e. The summed E-state index contributed by atoms with van der Waals surface area (Å²) >= 11 is 0.931. The fraction of sp³-hybridized carbons (Fsp3) is 0.167. The van der Waals surface area contributed by atoms with Crippen molar-refractivity contribution in [3.05, 3.63) is 29.1 Å². The molecule has 2 N–H and O–H groups in total. The second kappa shape index (κ2) is 5.05. The lowest BCUT2D eigenvalue weighted by Crippen LogP contribution is -1.91. The van der Waals surface area contributed by atoms with E-state index in [9.17, 15) is 9.90 Å². The van der Waals surface area contributed by atoms with Gasteiger partial charge in [0.05, 0.1) is 6.61 Å². The number of aromatic hydroxyl groups is 1. The van der Waals surface area contributed by atoms with Crippen molar-refractivity contribution in [2.75, 3.05) is 6.61 Å². The maximum absolute atomic E-state index is 10.8. The highest BCUT2D eigenvalue weighted by Gasteiger charge is 2.17. The lowest BCUT2D eigenvalue weighted by atomic mass is 10.2. The summed E-state index contributed by atoms with van der Waals surface area (Å²) in [6.45, 7) is 2.43. The zero-order chi connectivity index (χ0) is 13.1. The number of aromatic carboxylic acids is 1. The van der Waals surface area contributed by atoms with Crippen LogP contribution in [0.2, 0.25) is 0 Å². The molecule has 0 amide bonds. The van der Waals surface area contributed by atoms with Gasteiger partial charge in [-0.2, -0.15) is 0 Å². The van der Waals surface area contributed by atoms with E-state index in [1.54, 1.807) is 24.3 Å². The summed E-state index contributed by atoms with van der Waals surface area (Å²) in [7, 11) is 0. The third-order valence-electron chi connectivity index (χ3n) is 2.20. The molecule has 5 nitrogen and oxygen atoms in total. The van der Waals surface area contributed by atoms with Gasteiger partial charge in [0.2, 0.25) is 5.88 Å². The molecular formula is C12H11NO4S. The Bertz CT molecular complexity index is 579. The highest BCUT2D eigenvalue weighted by molar-refractivity contribution is 7.17. The molecule has 2 rings (SSSR count). The predicted octanol–water partition coefficient (Wildman–Crippen LogP) is 2.61. The zero-order valence-corrected chi connectivity index (χ0v) is 10.4. The minimum absolute atomic E-state index is 0.160. The maximum atomic E-state index is 10.8. The summed E-state index contributed by atoms with van der Waals surface area (Å²) in [6, 6.07) is 7.14. The molecule has 0 fully saturated rings. The van der Waals surface area contributed by atoms with Crippen molar-refractivity contribution in [2.45, 2.75) is 6.92 Å². The highest BCUT2D eigenvalue weighted by Crippen LogP contribution is 2.33. The van der Waals surface area contributed by atoms with E-state index in [1.165, 1.54) is 0 Å². The molecule has 1 aromatic heterocycles. The molecule has 0 saturated carbocycles. The van der Waals surface area contributed by atoms with Crippen LogP contribution in [0.1, 0.15) is 16.6 Å². The van der Waals surface area contributed by atoms with Gasteiger partial charge < -0.3 is 14.9 Å². The van der Waals surface area contributed by atoms with Gasteiger partial charge in [0.25, 0.3) is 0 Å². The fourth-order valence-electron chi connectivity index (χ4n) is 1.46. The molecule has 1 aromatic carbocycles. The Morgan fingerprint density at radius 3 is 2.89 bits per heavy atom. The molecule has 2 aromatic rings. The minimum atomic E-state index is -1.18. The van der Waals surface area contributed by atoms with Crippen molar-refractivity contribution in [1.82, 2.24) is 4.98 Å². The molecule has 94 valence electrons. The van der Waals surface area contributed by atoms with E-state index in [4.69, 9.17) is 9.84 Å². The summed E-state index contributed by atoms with van der Waals surface area (Å²) < 4.78 is 5.35. The summed E-state index contributed by atoms with van der Waals surface area (Å²) in [5.41, 5.74) is 0.716. The molecule has 0 radical (unpaired) electrons. The topological polar surface area (TPSA) is 79.7 Å². The third kappa shape index (κ3) is 2.43. The fourth-order valence-corrected chi connectivity index (χ4v) is 2.25. The van der Waals surface area contributed by atoms with Gasteiger partial charge in [-0.05, 0) is 19.1 Å². The number of carbonyl (C=O) groups is 1. The number of hydrogen-bond donors (Lipinski definition) is 2. The van der Waals surface area contributed by atoms with E-state index in [1.807, 2.05) is 6.92 Å². The number of ether oxygens (including phenoxy) is 1. The molecule has 6 heteroatoms. The molecular weight excluding hydrogens is 254 g/mol. The van der Waals surface area contributed by atoms with Crippen LogP contribution in [0.3, 0.4) is 0 Å². The number of hydrogen-bond acceptors (Lipinski definition) is 5. The Balaban J connectivity index is 2.39. The van der Waals surface area contributed by atoms with E-state index >= 15 is 0 Å². The first kappa shape index (κ1) is 12.4. The van der Waals surface area contributed by atoms with Crippen molar-refractivity contribution in [3.63, 3.8) is 0 Å². The normalized spacial score (nSPS) is 10.3. The van der Waals surface area contributed by atoms with E-state index in [0.717, 1.165) is 11.3 Å². The van der Waals surface area contributed by atoms with Crippen LogP contribution >= 0.6 is 11.3 Å². The maximum Gasteiger partial charge on any atom is 0.351 e. The molecule has 0 unspecified atom stereocenters. The first-order chi connectivity index (χ1) is 8.61. The van der Waals surface area contributed by atoms with Gasteiger partial charge in [-0.1, -0.05) is 12.1 Å². The first-order valence-corrected chi connectivity index (χ1v) is 6.09. The second-order valence-electron chi connectivity index (χ2n) is 3.44. The number of aromatic nitrogens is 1. The molecule has 0 aliphatic rings. The second-order valence-corrected chi connectivity index (χ2v) is 4.44. The van der Waals surface area contributed by atoms with Crippen LogP contribution in [-0.2, 0) is 0 Å². The average Bonchev–Trinajstić information content (AvgIpc) is 2.72. The number of thiazole rings is 1. The Morgan fingerprint density at radius 1 is 1.50 bits per heavy atom. The molecule has 0 aliphatic carbocycles. The quantitative estimate of drug-likeness (QED) is 0.888. The molecule has 0 saturated heterocycles. The lowest BCUT2D eigenvalue weighted by molar-refractivity contribution is 0.0699. The van der Waals surface area contributed by atoms with Gasteiger partial charge in [0, 0.05) is 5.56 Å². The van der Waals surface area contributed by atoms with Crippen molar-refractivity contribution < 1.29 is 19.7 Å². The third-order valence-corrected chi connectivity index (χ3v) is 3.28. The van der Waals surface area contributed by atoms with E-state index in [0.29, 0.717) is 22.9 Å². The molecule has 0 bridgehead atoms. The molecule has 18 heavy (non-hydrogen) atoms. The van der Waals surface area contributed by atoms with Crippen molar-refractivity contribution in [3.8, 4) is 22.2 Å². The Labute approximate surface area is 107 Å². The van der Waals surface area contributed by atoms with Gasteiger partial charge >= 0.3 is 5.97 Å². The van der Waals surface area contributed by atoms with Gasteiger partial charge in [-0.15, -0.1) is 11.3 Å². The van der Waals surface area contributed by atoms with E-state index in [-0.39, 0.29) is 4.88 Å². The highest BCUT2D eigenvalue weighted by atomic mass is 32.1. The van der Waals surface area contributed by atoms with Crippen molar-refractivity contribution >= 4 is 17.3 Å². The summed E-state index contributed by atoms with van der Waals surface area (Å²) in [5, 5.41) is 18.7. The largest absolute Gasteiger partial charge is 0.494 e. The summed E-state index contributed by atoms with van der Waals surface area (Å²) in [5.74, 6) is -0.955. The Kier molecular flexibility index (Phi) is 3.47. The standard InChI is InChI=1S/C12H11NO4S/c1-2-17-8-5-3-4-7(6-8)11-13-10(14)9(18-11)12(15)16/h3-6,14H,2H2,1H3,(H,15,16). The van der Waals surface area contributed by atoms with Crippen molar-refractivity contribution in [1.29, 1.82) is 0 Å². The number of carboxylic acid groups (broad SMARTS) is 1. The average molecular weight is 265 g/mol. The summed E-state index contributed by atoms with van der Waals surface area (Å²) in [4.78, 5) is 14.5. The van der Waals surface area contributed by atoms with Crippen LogP contribution < -0.4 is 4.74 Å².